The zero-order chi connectivity index (χ0) is 14.7. The first kappa shape index (κ1) is 15.8. The van der Waals surface area contributed by atoms with Crippen LogP contribution in [0.1, 0.15) is 52.4 Å². The van der Waals surface area contributed by atoms with E-state index in [1.165, 1.54) is 77.8 Å². The largest absolute Gasteiger partial charge is 0.312 e. The van der Waals surface area contributed by atoms with E-state index in [0.29, 0.717) is 0 Å². The Hall–Kier alpha value is -0.120. The van der Waals surface area contributed by atoms with E-state index in [0.717, 1.165) is 23.9 Å². The number of hydrogen-bond acceptors (Lipinski definition) is 3. The van der Waals surface area contributed by atoms with Crippen molar-refractivity contribution in [1.82, 2.24) is 15.1 Å². The first-order valence-corrected chi connectivity index (χ1v) is 9.46. The predicted molar refractivity (Wildman–Crippen MR) is 89.6 cm³/mol. The van der Waals surface area contributed by atoms with Crippen molar-refractivity contribution >= 4 is 0 Å². The van der Waals surface area contributed by atoms with Gasteiger partial charge in [0.2, 0.25) is 0 Å². The summed E-state index contributed by atoms with van der Waals surface area (Å²) in [4.78, 5) is 5.53. The van der Waals surface area contributed by atoms with E-state index in [4.69, 9.17) is 0 Å². The van der Waals surface area contributed by atoms with E-state index in [1.807, 2.05) is 0 Å². The van der Waals surface area contributed by atoms with Crippen LogP contribution in [0.25, 0.3) is 0 Å². The first-order valence-electron chi connectivity index (χ1n) is 9.46. The summed E-state index contributed by atoms with van der Waals surface area (Å²) in [6, 6.07) is 1.54. The molecule has 122 valence electrons. The Labute approximate surface area is 131 Å². The SMILES string of the molecule is CCCNC1CCC(C)CC1N1CCN(CC2CC2)CC1. The van der Waals surface area contributed by atoms with Gasteiger partial charge in [-0.3, -0.25) is 4.90 Å². The molecule has 0 radical (unpaired) electrons. The van der Waals surface area contributed by atoms with Gasteiger partial charge in [0.25, 0.3) is 0 Å². The summed E-state index contributed by atoms with van der Waals surface area (Å²) in [5, 5.41) is 3.84. The summed E-state index contributed by atoms with van der Waals surface area (Å²) >= 11 is 0. The number of nitrogens with zero attached hydrogens (tertiary/aromatic N) is 2. The van der Waals surface area contributed by atoms with Crippen LogP contribution in [0.4, 0.5) is 0 Å². The molecule has 3 unspecified atom stereocenters. The van der Waals surface area contributed by atoms with Gasteiger partial charge in [-0.1, -0.05) is 13.8 Å². The zero-order valence-electron chi connectivity index (χ0n) is 14.2. The molecule has 1 N–H and O–H groups in total. The molecule has 0 bridgehead atoms. The Bertz CT molecular complexity index is 306. The molecular weight excluding hydrogens is 258 g/mol. The van der Waals surface area contributed by atoms with Crippen molar-refractivity contribution in [2.75, 3.05) is 39.3 Å². The highest BCUT2D eigenvalue weighted by Gasteiger charge is 2.34. The Morgan fingerprint density at radius 3 is 2.43 bits per heavy atom. The quantitative estimate of drug-likeness (QED) is 0.812. The normalized spacial score (nSPS) is 36.0. The van der Waals surface area contributed by atoms with Crippen LogP contribution in [0, 0.1) is 11.8 Å². The Kier molecular flexibility index (Phi) is 5.58. The third kappa shape index (κ3) is 4.43. The van der Waals surface area contributed by atoms with Crippen LogP contribution in [0.2, 0.25) is 0 Å². The maximum absolute atomic E-state index is 3.84. The second-order valence-electron chi connectivity index (χ2n) is 7.83. The molecule has 0 aromatic heterocycles. The minimum atomic E-state index is 0.746. The van der Waals surface area contributed by atoms with Gasteiger partial charge in [0.15, 0.2) is 0 Å². The lowest BCUT2D eigenvalue weighted by Gasteiger charge is -2.46. The maximum atomic E-state index is 3.84. The standard InChI is InChI=1S/C18H35N3/c1-3-8-19-17-7-4-15(2)13-18(17)21-11-9-20(10-12-21)14-16-5-6-16/h15-19H,3-14H2,1-2H3. The molecule has 3 nitrogen and oxygen atoms in total. The molecule has 21 heavy (non-hydrogen) atoms. The number of nitrogens with one attached hydrogen (secondary N) is 1. The van der Waals surface area contributed by atoms with Crippen LogP contribution >= 0.6 is 0 Å². The molecule has 1 saturated heterocycles. The summed E-state index contributed by atoms with van der Waals surface area (Å²) in [5.41, 5.74) is 0. The fourth-order valence-corrected chi connectivity index (χ4v) is 4.27. The van der Waals surface area contributed by atoms with Crippen LogP contribution in [-0.4, -0.2) is 61.2 Å². The Balaban J connectivity index is 1.50. The van der Waals surface area contributed by atoms with Gasteiger partial charge in [-0.25, -0.2) is 0 Å². The molecule has 0 spiro atoms. The molecule has 3 fully saturated rings. The number of hydrogen-bond donors (Lipinski definition) is 1. The summed E-state index contributed by atoms with van der Waals surface area (Å²) in [7, 11) is 0. The van der Waals surface area contributed by atoms with Crippen molar-refractivity contribution in [3.05, 3.63) is 0 Å². The smallest absolute Gasteiger partial charge is 0.0252 e. The van der Waals surface area contributed by atoms with Gasteiger partial charge in [-0.2, -0.15) is 0 Å². The number of piperazine rings is 1. The molecule has 3 aliphatic rings. The lowest BCUT2D eigenvalue weighted by Crippen LogP contribution is -2.58. The average Bonchev–Trinajstić information content (AvgIpc) is 3.31. The predicted octanol–water partition coefficient (Wildman–Crippen LogP) is 2.57. The fourth-order valence-electron chi connectivity index (χ4n) is 4.27. The molecule has 1 aliphatic heterocycles. The molecule has 3 rings (SSSR count). The summed E-state index contributed by atoms with van der Waals surface area (Å²) in [6.07, 6.45) is 8.44. The van der Waals surface area contributed by atoms with Gasteiger partial charge in [0, 0.05) is 44.8 Å². The molecule has 0 aromatic carbocycles. The van der Waals surface area contributed by atoms with E-state index in [1.54, 1.807) is 0 Å². The molecule has 0 amide bonds. The molecular formula is C18H35N3. The molecule has 2 saturated carbocycles. The highest BCUT2D eigenvalue weighted by atomic mass is 15.3. The lowest BCUT2D eigenvalue weighted by molar-refractivity contribution is 0.0487. The van der Waals surface area contributed by atoms with E-state index >= 15 is 0 Å². The van der Waals surface area contributed by atoms with Crippen LogP contribution < -0.4 is 5.32 Å². The minimum Gasteiger partial charge on any atom is -0.312 e. The molecule has 3 atom stereocenters. The van der Waals surface area contributed by atoms with E-state index in [-0.39, 0.29) is 0 Å². The Morgan fingerprint density at radius 2 is 1.76 bits per heavy atom. The highest BCUT2D eigenvalue weighted by Crippen LogP contribution is 2.31. The molecule has 0 aromatic rings. The van der Waals surface area contributed by atoms with Gasteiger partial charge in [-0.05, 0) is 56.9 Å². The van der Waals surface area contributed by atoms with Crippen LogP contribution in [0.15, 0.2) is 0 Å². The van der Waals surface area contributed by atoms with Crippen molar-refractivity contribution in [1.29, 1.82) is 0 Å². The average molecular weight is 293 g/mol. The second kappa shape index (κ2) is 7.43. The van der Waals surface area contributed by atoms with E-state index < -0.39 is 0 Å². The molecule has 2 aliphatic carbocycles. The fraction of sp³-hybridized carbons (Fsp3) is 1.00. The number of rotatable bonds is 6. The van der Waals surface area contributed by atoms with Crippen LogP contribution in [-0.2, 0) is 0 Å². The van der Waals surface area contributed by atoms with Crippen molar-refractivity contribution in [2.45, 2.75) is 64.5 Å². The van der Waals surface area contributed by atoms with Crippen molar-refractivity contribution in [3.63, 3.8) is 0 Å². The molecule has 1 heterocycles. The first-order chi connectivity index (χ1) is 10.3. The topological polar surface area (TPSA) is 18.5 Å². The second-order valence-corrected chi connectivity index (χ2v) is 7.83. The summed E-state index contributed by atoms with van der Waals surface area (Å²) in [5.74, 6) is 1.96. The van der Waals surface area contributed by atoms with Gasteiger partial charge in [-0.15, -0.1) is 0 Å². The lowest BCUT2D eigenvalue weighted by atomic mass is 9.82. The summed E-state index contributed by atoms with van der Waals surface area (Å²) in [6.45, 7) is 12.5. The molecule has 3 heteroatoms. The van der Waals surface area contributed by atoms with Crippen molar-refractivity contribution in [3.8, 4) is 0 Å². The third-order valence-electron chi connectivity index (χ3n) is 5.82. The zero-order valence-corrected chi connectivity index (χ0v) is 14.2. The van der Waals surface area contributed by atoms with E-state index in [2.05, 4.69) is 29.0 Å². The van der Waals surface area contributed by atoms with Gasteiger partial charge >= 0.3 is 0 Å². The van der Waals surface area contributed by atoms with Gasteiger partial charge in [0.05, 0.1) is 0 Å². The third-order valence-corrected chi connectivity index (χ3v) is 5.82. The summed E-state index contributed by atoms with van der Waals surface area (Å²) < 4.78 is 0. The minimum absolute atomic E-state index is 0.746. The maximum Gasteiger partial charge on any atom is 0.0252 e. The van der Waals surface area contributed by atoms with Crippen molar-refractivity contribution < 1.29 is 0 Å². The van der Waals surface area contributed by atoms with Gasteiger partial charge in [0.1, 0.15) is 0 Å². The van der Waals surface area contributed by atoms with Gasteiger partial charge < -0.3 is 10.2 Å². The van der Waals surface area contributed by atoms with Crippen molar-refractivity contribution in [2.24, 2.45) is 11.8 Å². The highest BCUT2D eigenvalue weighted by molar-refractivity contribution is 4.92. The van der Waals surface area contributed by atoms with E-state index in [9.17, 15) is 0 Å². The van der Waals surface area contributed by atoms with Crippen LogP contribution in [0.5, 0.6) is 0 Å². The van der Waals surface area contributed by atoms with Crippen LogP contribution in [0.3, 0.4) is 0 Å². The Morgan fingerprint density at radius 1 is 1.00 bits per heavy atom. The monoisotopic (exact) mass is 293 g/mol.